The number of unbranched alkanes of at least 4 members (excludes halogenated alkanes) is 3. The van der Waals surface area contributed by atoms with Crippen molar-refractivity contribution < 1.29 is 29.7 Å². The topological polar surface area (TPSA) is 120 Å². The van der Waals surface area contributed by atoms with Gasteiger partial charge in [-0.25, -0.2) is 0 Å². The fourth-order valence-corrected chi connectivity index (χ4v) is 7.01. The number of thioether (sulfide) groups is 3. The van der Waals surface area contributed by atoms with Gasteiger partial charge < -0.3 is 29.7 Å². The second-order valence-electron chi connectivity index (χ2n) is 8.86. The fraction of sp³-hybridized carbons (Fsp3) is 0.889. The average molecular weight is 786 g/mol. The molecule has 0 saturated heterocycles. The molecule has 0 N–H and O–H groups in total. The number of hydrogen-bond acceptors (Lipinski definition) is 12. The number of carboxylic acids is 3. The largest absolute Gasteiger partial charge is 3.00 e. The second kappa shape index (κ2) is 38.4. The van der Waals surface area contributed by atoms with Gasteiger partial charge in [-0.1, -0.05) is 40.0 Å². The van der Waals surface area contributed by atoms with Crippen molar-refractivity contribution in [2.45, 2.75) is 78.6 Å². The minimum Gasteiger partial charge on any atom is -0.550 e. The van der Waals surface area contributed by atoms with Crippen LogP contribution in [0.1, 0.15) is 78.6 Å². The molecule has 0 aliphatic rings. The standard InChI is InChI=1S/3C9H18O2S2.Sb/c3*1-2-3-5-13-6-4-8(7-12)9(10)11;/h3*8,12H,2-7H2,1H3,(H,10,11);/q;;;+3/p-3. The smallest absolute Gasteiger partial charge is 0.550 e. The molecule has 0 fully saturated rings. The Morgan fingerprint density at radius 3 is 0.900 bits per heavy atom. The normalized spacial score (nSPS) is 12.4. The summed E-state index contributed by atoms with van der Waals surface area (Å²) in [6, 6.07) is 0. The zero-order chi connectivity index (χ0) is 30.3. The summed E-state index contributed by atoms with van der Waals surface area (Å²) in [5, 5.41) is 31.4. The van der Waals surface area contributed by atoms with Crippen molar-refractivity contribution in [1.29, 1.82) is 0 Å². The van der Waals surface area contributed by atoms with E-state index < -0.39 is 17.9 Å². The third kappa shape index (κ3) is 35.5. The van der Waals surface area contributed by atoms with Crippen molar-refractivity contribution in [3.05, 3.63) is 0 Å². The van der Waals surface area contributed by atoms with E-state index in [1.54, 1.807) is 0 Å². The van der Waals surface area contributed by atoms with Crippen molar-refractivity contribution in [2.24, 2.45) is 17.8 Å². The van der Waals surface area contributed by atoms with Crippen LogP contribution in [0.15, 0.2) is 0 Å². The van der Waals surface area contributed by atoms with Crippen molar-refractivity contribution >= 4 is 116 Å². The number of aliphatic carboxylic acids is 3. The Morgan fingerprint density at radius 1 is 0.525 bits per heavy atom. The molecule has 0 heterocycles. The number of hydrogen-bond donors (Lipinski definition) is 3. The number of carboxylic acid groups (broad SMARTS) is 3. The molecule has 0 aliphatic carbocycles. The summed E-state index contributed by atoms with van der Waals surface area (Å²) in [5.41, 5.74) is 0. The first-order valence-corrected chi connectivity index (χ1v) is 19.2. The van der Waals surface area contributed by atoms with Gasteiger partial charge in [0.25, 0.3) is 0 Å². The van der Waals surface area contributed by atoms with E-state index in [1.165, 1.54) is 38.5 Å². The van der Waals surface area contributed by atoms with Gasteiger partial charge >= 0.3 is 24.4 Å². The van der Waals surface area contributed by atoms with Gasteiger partial charge in [-0.05, 0) is 90.3 Å². The van der Waals surface area contributed by atoms with Crippen molar-refractivity contribution in [1.82, 2.24) is 0 Å². The van der Waals surface area contributed by atoms with Gasteiger partial charge in [0, 0.05) is 35.7 Å². The SMILES string of the molecule is CCCCSCCC(CS)C(=O)[O-].CCCCSCCC(CS)C(=O)[O-].CCCCSCCC(CS)C(=O)[O-].[Sb+3]. The Balaban J connectivity index is -0.000000240. The van der Waals surface area contributed by atoms with E-state index in [2.05, 4.69) is 58.7 Å². The predicted molar refractivity (Wildman–Crippen MR) is 183 cm³/mol. The Bertz CT molecular complexity index is 502. The summed E-state index contributed by atoms with van der Waals surface area (Å²) in [6.07, 6.45) is 9.27. The van der Waals surface area contributed by atoms with Crippen LogP contribution in [-0.2, 0) is 14.4 Å². The monoisotopic (exact) mass is 784 g/mol. The summed E-state index contributed by atoms with van der Waals surface area (Å²) < 4.78 is 0. The van der Waals surface area contributed by atoms with E-state index in [-0.39, 0.29) is 42.2 Å². The van der Waals surface area contributed by atoms with Crippen LogP contribution < -0.4 is 15.3 Å². The first-order valence-electron chi connectivity index (χ1n) is 13.8. The zero-order valence-electron chi connectivity index (χ0n) is 24.4. The Morgan fingerprint density at radius 2 is 0.750 bits per heavy atom. The molecule has 6 nitrogen and oxygen atoms in total. The molecule has 0 spiro atoms. The molecule has 0 bridgehead atoms. The van der Waals surface area contributed by atoms with E-state index >= 15 is 0 Å². The summed E-state index contributed by atoms with van der Waals surface area (Å²) in [6.45, 7) is 6.45. The molecule has 0 amide bonds. The van der Waals surface area contributed by atoms with E-state index in [4.69, 9.17) is 0 Å². The van der Waals surface area contributed by atoms with Crippen LogP contribution in [-0.4, -0.2) is 94.1 Å². The van der Waals surface area contributed by atoms with E-state index in [0.29, 0.717) is 36.5 Å². The molecular formula is C27H51O6S6Sb. The van der Waals surface area contributed by atoms with E-state index in [9.17, 15) is 29.7 Å². The molecular weight excluding hydrogens is 734 g/mol. The van der Waals surface area contributed by atoms with Crippen LogP contribution in [0, 0.1) is 17.8 Å². The summed E-state index contributed by atoms with van der Waals surface area (Å²) in [4.78, 5) is 31.4. The average Bonchev–Trinajstić information content (AvgIpc) is 2.90. The molecule has 0 aromatic heterocycles. The molecule has 13 heteroatoms. The van der Waals surface area contributed by atoms with Crippen LogP contribution >= 0.6 is 73.2 Å². The van der Waals surface area contributed by atoms with E-state index in [1.807, 2.05) is 35.3 Å². The van der Waals surface area contributed by atoms with Gasteiger partial charge in [0.1, 0.15) is 0 Å². The van der Waals surface area contributed by atoms with Gasteiger partial charge in [-0.15, -0.1) is 0 Å². The number of carbonyl (C=O) groups is 3. The first-order chi connectivity index (χ1) is 18.7. The van der Waals surface area contributed by atoms with Crippen molar-refractivity contribution in [2.75, 3.05) is 51.8 Å². The third-order valence-corrected chi connectivity index (χ3v) is 10.0. The van der Waals surface area contributed by atoms with Gasteiger partial charge in [-0.3, -0.25) is 0 Å². The van der Waals surface area contributed by atoms with Crippen LogP contribution in [0.3, 0.4) is 0 Å². The summed E-state index contributed by atoms with van der Waals surface area (Å²) in [5.74, 6) is 3.21. The van der Waals surface area contributed by atoms with Crippen LogP contribution in [0.4, 0.5) is 0 Å². The molecule has 0 rings (SSSR count). The molecule has 0 aromatic rings. The minimum atomic E-state index is -0.967. The van der Waals surface area contributed by atoms with Gasteiger partial charge in [0.15, 0.2) is 0 Å². The maximum atomic E-state index is 10.5. The number of rotatable bonds is 24. The quantitative estimate of drug-likeness (QED) is 0.0771. The zero-order valence-corrected chi connectivity index (χ0v) is 32.1. The second-order valence-corrected chi connectivity index (χ2v) is 13.6. The molecule has 2 radical (unpaired) electrons. The summed E-state index contributed by atoms with van der Waals surface area (Å²) >= 11 is 17.3. The van der Waals surface area contributed by atoms with Crippen LogP contribution in [0.2, 0.25) is 0 Å². The van der Waals surface area contributed by atoms with Crippen LogP contribution in [0.5, 0.6) is 0 Å². The van der Waals surface area contributed by atoms with Crippen LogP contribution in [0.25, 0.3) is 0 Å². The van der Waals surface area contributed by atoms with Crippen molar-refractivity contribution in [3.8, 4) is 0 Å². The van der Waals surface area contributed by atoms with Crippen molar-refractivity contribution in [3.63, 3.8) is 0 Å². The predicted octanol–water partition coefficient (Wildman–Crippen LogP) is 3.24. The van der Waals surface area contributed by atoms with E-state index in [0.717, 1.165) is 34.5 Å². The Hall–Kier alpha value is 1.33. The van der Waals surface area contributed by atoms with Gasteiger partial charge in [0.05, 0.1) is 0 Å². The maximum absolute atomic E-state index is 10.5. The summed E-state index contributed by atoms with van der Waals surface area (Å²) in [7, 11) is 0. The third-order valence-electron chi connectivity index (χ3n) is 5.42. The van der Waals surface area contributed by atoms with Gasteiger partial charge in [-0.2, -0.15) is 73.2 Å². The maximum Gasteiger partial charge on any atom is 3.00 e. The molecule has 0 aliphatic heterocycles. The molecule has 236 valence electrons. The molecule has 0 aromatic carbocycles. The minimum absolute atomic E-state index is 0. The molecule has 40 heavy (non-hydrogen) atoms. The fourth-order valence-electron chi connectivity index (χ4n) is 2.57. The number of thiol groups is 3. The molecule has 0 saturated carbocycles. The first kappa shape index (κ1) is 48.2. The molecule has 3 unspecified atom stereocenters. The number of carbonyl (C=O) groups excluding carboxylic acids is 3. The Labute approximate surface area is 291 Å². The van der Waals surface area contributed by atoms with Gasteiger partial charge in [0.2, 0.25) is 0 Å². The molecule has 3 atom stereocenters. The Kier molecular flexibility index (Phi) is 46.3.